The van der Waals surface area contributed by atoms with Crippen LogP contribution in [0.4, 0.5) is 4.39 Å². The average Bonchev–Trinajstić information content (AvgIpc) is 3.63. The fourth-order valence-electron chi connectivity index (χ4n) is 3.20. The SMILES string of the molecule is O=C(CSc1nnc(-c2ccccc2F)n1-c1ccccc1)OCc1coc(-c2cccs2)n1. The number of para-hydroxylation sites is 1. The number of nitrogens with zero attached hydrogens (tertiary/aromatic N) is 4. The van der Waals surface area contributed by atoms with E-state index < -0.39 is 11.8 Å². The van der Waals surface area contributed by atoms with Crippen molar-refractivity contribution in [2.75, 3.05) is 5.75 Å². The van der Waals surface area contributed by atoms with E-state index in [4.69, 9.17) is 9.15 Å². The van der Waals surface area contributed by atoms with Gasteiger partial charge in [-0.05, 0) is 35.7 Å². The van der Waals surface area contributed by atoms with Crippen LogP contribution in [0.2, 0.25) is 0 Å². The number of carbonyl (C=O) groups excluding carboxylic acids is 1. The molecule has 170 valence electrons. The minimum Gasteiger partial charge on any atom is -0.458 e. The van der Waals surface area contributed by atoms with Gasteiger partial charge in [0.25, 0.3) is 0 Å². The van der Waals surface area contributed by atoms with Crippen LogP contribution in [0, 0.1) is 5.82 Å². The van der Waals surface area contributed by atoms with Gasteiger partial charge >= 0.3 is 5.97 Å². The second-order valence-corrected chi connectivity index (χ2v) is 8.92. The third-order valence-electron chi connectivity index (χ3n) is 4.75. The summed E-state index contributed by atoms with van der Waals surface area (Å²) in [5.41, 5.74) is 1.60. The van der Waals surface area contributed by atoms with Gasteiger partial charge < -0.3 is 9.15 Å². The summed E-state index contributed by atoms with van der Waals surface area (Å²) in [7, 11) is 0. The van der Waals surface area contributed by atoms with E-state index in [9.17, 15) is 9.18 Å². The number of oxazole rings is 1. The number of thioether (sulfide) groups is 1. The Labute approximate surface area is 202 Å². The highest BCUT2D eigenvalue weighted by Gasteiger charge is 2.20. The molecule has 5 aromatic rings. The topological polar surface area (TPSA) is 83.0 Å². The number of hydrogen-bond acceptors (Lipinski definition) is 8. The molecule has 34 heavy (non-hydrogen) atoms. The first kappa shape index (κ1) is 22.1. The van der Waals surface area contributed by atoms with Crippen molar-refractivity contribution in [3.63, 3.8) is 0 Å². The zero-order valence-corrected chi connectivity index (χ0v) is 19.3. The van der Waals surface area contributed by atoms with Gasteiger partial charge in [0, 0.05) is 5.69 Å². The van der Waals surface area contributed by atoms with Crippen LogP contribution in [-0.4, -0.2) is 31.5 Å². The Morgan fingerprint density at radius 1 is 1.06 bits per heavy atom. The van der Waals surface area contributed by atoms with Gasteiger partial charge in [-0.1, -0.05) is 48.2 Å². The highest BCUT2D eigenvalue weighted by Crippen LogP contribution is 2.29. The van der Waals surface area contributed by atoms with E-state index in [2.05, 4.69) is 15.2 Å². The summed E-state index contributed by atoms with van der Waals surface area (Å²) in [6, 6.07) is 19.5. The number of aromatic nitrogens is 4. The summed E-state index contributed by atoms with van der Waals surface area (Å²) in [6.07, 6.45) is 1.47. The minimum atomic E-state index is -0.444. The lowest BCUT2D eigenvalue weighted by Crippen LogP contribution is -2.09. The van der Waals surface area contributed by atoms with Crippen molar-refractivity contribution in [2.45, 2.75) is 11.8 Å². The molecular weight excluding hydrogens is 475 g/mol. The predicted molar refractivity (Wildman–Crippen MR) is 127 cm³/mol. The van der Waals surface area contributed by atoms with E-state index in [0.29, 0.717) is 28.1 Å². The Morgan fingerprint density at radius 3 is 2.68 bits per heavy atom. The Kier molecular flexibility index (Phi) is 6.50. The van der Waals surface area contributed by atoms with Crippen molar-refractivity contribution >= 4 is 29.1 Å². The highest BCUT2D eigenvalue weighted by molar-refractivity contribution is 7.99. The molecule has 0 aliphatic rings. The molecule has 10 heteroatoms. The monoisotopic (exact) mass is 492 g/mol. The standard InChI is InChI=1S/C24H17FN4O3S2/c25-19-10-5-4-9-18(19)22-27-28-24(29(22)17-7-2-1-3-8-17)34-15-21(30)31-13-16-14-32-23(26-16)20-11-6-12-33-20/h1-12,14H,13,15H2. The summed E-state index contributed by atoms with van der Waals surface area (Å²) in [5, 5.41) is 10.8. The number of hydrogen-bond donors (Lipinski definition) is 0. The molecule has 0 aliphatic carbocycles. The van der Waals surface area contributed by atoms with Gasteiger partial charge in [-0.2, -0.15) is 0 Å². The van der Waals surface area contributed by atoms with Crippen molar-refractivity contribution in [1.82, 2.24) is 19.7 Å². The first-order chi connectivity index (χ1) is 16.7. The van der Waals surface area contributed by atoms with Gasteiger partial charge in [-0.15, -0.1) is 21.5 Å². The summed E-state index contributed by atoms with van der Waals surface area (Å²) in [5.74, 6) is -0.00745. The van der Waals surface area contributed by atoms with Crippen molar-refractivity contribution in [3.05, 3.63) is 89.9 Å². The summed E-state index contributed by atoms with van der Waals surface area (Å²) in [6.45, 7) is 0.000120. The summed E-state index contributed by atoms with van der Waals surface area (Å²) >= 11 is 2.67. The molecule has 0 saturated heterocycles. The molecule has 7 nitrogen and oxygen atoms in total. The molecule has 5 rings (SSSR count). The van der Waals surface area contributed by atoms with Gasteiger partial charge in [0.05, 0.1) is 16.2 Å². The lowest BCUT2D eigenvalue weighted by molar-refractivity contribution is -0.141. The number of carbonyl (C=O) groups is 1. The van der Waals surface area contributed by atoms with Gasteiger partial charge in [0.15, 0.2) is 11.0 Å². The van der Waals surface area contributed by atoms with E-state index in [1.165, 1.54) is 23.7 Å². The van der Waals surface area contributed by atoms with Crippen LogP contribution in [0.3, 0.4) is 0 Å². The van der Waals surface area contributed by atoms with Gasteiger partial charge in [0.1, 0.15) is 24.4 Å². The summed E-state index contributed by atoms with van der Waals surface area (Å²) < 4.78 is 27.0. The molecule has 0 spiro atoms. The summed E-state index contributed by atoms with van der Waals surface area (Å²) in [4.78, 5) is 17.6. The molecule has 0 fully saturated rings. The molecular formula is C24H17FN4O3S2. The zero-order valence-electron chi connectivity index (χ0n) is 17.6. The lowest BCUT2D eigenvalue weighted by Gasteiger charge is -2.10. The average molecular weight is 493 g/mol. The van der Waals surface area contributed by atoms with Crippen LogP contribution in [-0.2, 0) is 16.1 Å². The van der Waals surface area contributed by atoms with Gasteiger partial charge in [-0.3, -0.25) is 9.36 Å². The molecule has 0 atom stereocenters. The number of benzene rings is 2. The third kappa shape index (κ3) is 4.78. The maximum Gasteiger partial charge on any atom is 0.316 e. The molecule has 0 N–H and O–H groups in total. The van der Waals surface area contributed by atoms with Crippen LogP contribution >= 0.6 is 23.1 Å². The molecule has 2 aromatic carbocycles. The highest BCUT2D eigenvalue weighted by atomic mass is 32.2. The Balaban J connectivity index is 1.29. The maximum absolute atomic E-state index is 14.5. The first-order valence-electron chi connectivity index (χ1n) is 10.2. The molecule has 0 saturated carbocycles. The van der Waals surface area contributed by atoms with E-state index in [-0.39, 0.29) is 12.4 Å². The van der Waals surface area contributed by atoms with Gasteiger partial charge in [0.2, 0.25) is 5.89 Å². The minimum absolute atomic E-state index is 0.000120. The third-order valence-corrected chi connectivity index (χ3v) is 6.51. The number of esters is 1. The smallest absolute Gasteiger partial charge is 0.316 e. The van der Waals surface area contributed by atoms with E-state index in [0.717, 1.165) is 22.3 Å². The Morgan fingerprint density at radius 2 is 1.88 bits per heavy atom. The fraction of sp³-hybridized carbons (Fsp3) is 0.0833. The van der Waals surface area contributed by atoms with Crippen molar-refractivity contribution in [1.29, 1.82) is 0 Å². The van der Waals surface area contributed by atoms with Crippen LogP contribution in [0.15, 0.2) is 87.9 Å². The number of thiophene rings is 1. The molecule has 0 unspecified atom stereocenters. The molecule has 3 aromatic heterocycles. The van der Waals surface area contributed by atoms with Crippen LogP contribution in [0.25, 0.3) is 27.8 Å². The van der Waals surface area contributed by atoms with E-state index in [1.54, 1.807) is 22.8 Å². The van der Waals surface area contributed by atoms with Crippen molar-refractivity contribution in [3.8, 4) is 27.8 Å². The predicted octanol–water partition coefficient (Wildman–Crippen LogP) is 5.63. The largest absolute Gasteiger partial charge is 0.458 e. The second kappa shape index (κ2) is 10.0. The Hall–Kier alpha value is -3.76. The van der Waals surface area contributed by atoms with Gasteiger partial charge in [-0.25, -0.2) is 9.37 Å². The maximum atomic E-state index is 14.5. The molecule has 0 bridgehead atoms. The van der Waals surface area contributed by atoms with Crippen LogP contribution < -0.4 is 0 Å². The first-order valence-corrected chi connectivity index (χ1v) is 12.1. The molecule has 0 radical (unpaired) electrons. The lowest BCUT2D eigenvalue weighted by atomic mass is 10.2. The Bertz CT molecular complexity index is 1400. The quantitative estimate of drug-likeness (QED) is 0.205. The fourth-order valence-corrected chi connectivity index (χ4v) is 4.60. The molecule has 0 amide bonds. The molecule has 0 aliphatic heterocycles. The molecule has 3 heterocycles. The van der Waals surface area contributed by atoms with Crippen LogP contribution in [0.5, 0.6) is 0 Å². The number of rotatable bonds is 8. The van der Waals surface area contributed by atoms with Crippen molar-refractivity contribution in [2.24, 2.45) is 0 Å². The normalized spacial score (nSPS) is 11.0. The number of ether oxygens (including phenoxy) is 1. The number of halogens is 1. The van der Waals surface area contributed by atoms with E-state index >= 15 is 0 Å². The van der Waals surface area contributed by atoms with Crippen molar-refractivity contribution < 1.29 is 18.3 Å². The second-order valence-electron chi connectivity index (χ2n) is 7.03. The zero-order chi connectivity index (χ0) is 23.3. The van der Waals surface area contributed by atoms with E-state index in [1.807, 2.05) is 47.8 Å². The van der Waals surface area contributed by atoms with Crippen LogP contribution in [0.1, 0.15) is 5.69 Å².